The van der Waals surface area contributed by atoms with Crippen molar-refractivity contribution >= 4 is 17.4 Å². The number of aromatic amines is 1. The summed E-state index contributed by atoms with van der Waals surface area (Å²) < 4.78 is 46.7. The fourth-order valence-corrected chi connectivity index (χ4v) is 5.08. The first kappa shape index (κ1) is 27.0. The summed E-state index contributed by atoms with van der Waals surface area (Å²) in [4.78, 5) is 34.7. The predicted molar refractivity (Wildman–Crippen MR) is 139 cm³/mol. The molecule has 2 fully saturated rings. The number of benzene rings is 1. The Hall–Kier alpha value is -4.60. The third-order valence-electron chi connectivity index (χ3n) is 7.10. The van der Waals surface area contributed by atoms with Crippen LogP contribution in [0.2, 0.25) is 0 Å². The number of aromatic nitrogens is 3. The minimum atomic E-state index is -4.82. The zero-order valence-electron chi connectivity index (χ0n) is 21.4. The van der Waals surface area contributed by atoms with Gasteiger partial charge in [0, 0.05) is 44.5 Å². The van der Waals surface area contributed by atoms with Gasteiger partial charge in [-0.05, 0) is 43.2 Å². The number of anilines is 2. The van der Waals surface area contributed by atoms with E-state index in [-0.39, 0.29) is 18.2 Å². The lowest BCUT2D eigenvalue weighted by Crippen LogP contribution is -2.49. The summed E-state index contributed by atoms with van der Waals surface area (Å²) in [7, 11) is 0. The Morgan fingerprint density at radius 3 is 2.62 bits per heavy atom. The van der Waals surface area contributed by atoms with Crippen LogP contribution in [-0.2, 0) is 6.18 Å². The van der Waals surface area contributed by atoms with Crippen LogP contribution in [-0.4, -0.2) is 71.4 Å². The number of H-pyrrole nitrogens is 1. The highest BCUT2D eigenvalue weighted by Gasteiger charge is 2.40. The fraction of sp³-hybridized carbons (Fsp3) is 0.370. The second-order valence-electron chi connectivity index (χ2n) is 9.58. The van der Waals surface area contributed by atoms with E-state index in [1.54, 1.807) is 41.3 Å². The highest BCUT2D eigenvalue weighted by molar-refractivity contribution is 5.94. The largest absolute Gasteiger partial charge is 0.491 e. The lowest BCUT2D eigenvalue weighted by molar-refractivity contribution is -0.138. The van der Waals surface area contributed by atoms with Crippen LogP contribution in [0.15, 0.2) is 53.6 Å². The quantitative estimate of drug-likeness (QED) is 0.495. The number of rotatable bonds is 6. The van der Waals surface area contributed by atoms with E-state index in [0.717, 1.165) is 12.0 Å². The smallest absolute Gasteiger partial charge is 0.423 e. The van der Waals surface area contributed by atoms with Gasteiger partial charge in [-0.15, -0.1) is 0 Å². The van der Waals surface area contributed by atoms with Crippen LogP contribution in [0.4, 0.5) is 24.7 Å². The molecule has 1 aromatic carbocycles. The Labute approximate surface area is 227 Å². The minimum Gasteiger partial charge on any atom is -0.491 e. The van der Waals surface area contributed by atoms with Gasteiger partial charge in [-0.3, -0.25) is 9.59 Å². The molecule has 10 nitrogen and oxygen atoms in total. The summed E-state index contributed by atoms with van der Waals surface area (Å²) in [6.45, 7) is 2.59. The lowest BCUT2D eigenvalue weighted by atomic mass is 10.1. The van der Waals surface area contributed by atoms with Crippen LogP contribution >= 0.6 is 0 Å². The molecule has 5 rings (SSSR count). The molecule has 3 aromatic rings. The molecule has 1 N–H and O–H groups in total. The van der Waals surface area contributed by atoms with E-state index < -0.39 is 23.3 Å². The van der Waals surface area contributed by atoms with Crippen LogP contribution in [0.5, 0.6) is 5.75 Å². The van der Waals surface area contributed by atoms with Gasteiger partial charge >= 0.3 is 6.18 Å². The molecule has 208 valence electrons. The molecule has 2 aliphatic rings. The molecule has 2 saturated heterocycles. The van der Waals surface area contributed by atoms with Crippen molar-refractivity contribution in [3.05, 3.63) is 75.8 Å². The third-order valence-corrected chi connectivity index (χ3v) is 7.10. The zero-order chi connectivity index (χ0) is 28.3. The molecule has 0 spiro atoms. The maximum absolute atomic E-state index is 13.6. The predicted octanol–water partition coefficient (Wildman–Crippen LogP) is 3.07. The van der Waals surface area contributed by atoms with Crippen LogP contribution in [0.1, 0.15) is 34.3 Å². The third kappa shape index (κ3) is 5.70. The number of nitriles is 1. The first-order chi connectivity index (χ1) is 19.2. The molecular formula is C27H26F3N7O3. The number of amides is 1. The molecule has 1 amide bonds. The van der Waals surface area contributed by atoms with E-state index in [2.05, 4.69) is 15.0 Å². The average Bonchev–Trinajstić information content (AvgIpc) is 3.44. The van der Waals surface area contributed by atoms with E-state index in [1.165, 1.54) is 11.1 Å². The van der Waals surface area contributed by atoms with Gasteiger partial charge in [-0.25, -0.2) is 10.1 Å². The Kier molecular flexibility index (Phi) is 7.59. The number of ether oxygens (including phenoxy) is 1. The first-order valence-corrected chi connectivity index (χ1v) is 12.8. The van der Waals surface area contributed by atoms with Crippen LogP contribution in [0.25, 0.3) is 0 Å². The molecule has 0 bridgehead atoms. The van der Waals surface area contributed by atoms with Crippen molar-refractivity contribution < 1.29 is 22.7 Å². The number of pyridine rings is 1. The molecule has 0 radical (unpaired) electrons. The maximum atomic E-state index is 13.6. The van der Waals surface area contributed by atoms with E-state index in [4.69, 9.17) is 10.00 Å². The topological polar surface area (TPSA) is 118 Å². The van der Waals surface area contributed by atoms with Crippen LogP contribution < -0.4 is 20.1 Å². The van der Waals surface area contributed by atoms with Gasteiger partial charge in [0.15, 0.2) is 0 Å². The van der Waals surface area contributed by atoms with Gasteiger partial charge in [0.25, 0.3) is 11.5 Å². The van der Waals surface area contributed by atoms with E-state index in [9.17, 15) is 22.8 Å². The average molecular weight is 554 g/mol. The van der Waals surface area contributed by atoms with Gasteiger partial charge in [0.2, 0.25) is 0 Å². The molecule has 40 heavy (non-hydrogen) atoms. The second-order valence-corrected chi connectivity index (χ2v) is 9.58. The molecule has 13 heteroatoms. The molecule has 0 saturated carbocycles. The molecule has 4 heterocycles. The monoisotopic (exact) mass is 553 g/mol. The number of carbonyl (C=O) groups excluding carboxylic acids is 1. The normalized spacial score (nSPS) is 17.6. The second kappa shape index (κ2) is 11.3. The summed E-state index contributed by atoms with van der Waals surface area (Å²) in [5.41, 5.74) is -1.88. The first-order valence-electron chi connectivity index (χ1n) is 12.8. The van der Waals surface area contributed by atoms with Gasteiger partial charge in [-0.2, -0.15) is 23.5 Å². The van der Waals surface area contributed by atoms with Crippen LogP contribution in [0, 0.1) is 11.3 Å². The highest BCUT2D eigenvalue weighted by atomic mass is 19.4. The standard InChI is InChI=1S/C27H26F3N7O3/c28-27(29,30)24-22(16-33-34-25(24)38)37-8-2-4-20(37)17-40-21-5-1-3-19(13-21)26(39)36-11-9-35(10-12-36)23-7-6-18(14-31)15-32-23/h1,3,5-7,13,15-16,20H,2,4,8-12,17H2,(H,34,38)/t20-/m1/s1. The van der Waals surface area contributed by atoms with Crippen molar-refractivity contribution in [1.82, 2.24) is 20.1 Å². The number of carbonyl (C=O) groups is 1. The van der Waals surface area contributed by atoms with Gasteiger partial charge in [0.1, 0.15) is 29.8 Å². The lowest BCUT2D eigenvalue weighted by Gasteiger charge is -2.35. The van der Waals surface area contributed by atoms with E-state index >= 15 is 0 Å². The Balaban J connectivity index is 1.21. The molecule has 0 unspecified atom stereocenters. The number of nitrogens with one attached hydrogen (secondary N) is 1. The molecule has 1 atom stereocenters. The number of hydrogen-bond donors (Lipinski definition) is 1. The summed E-state index contributed by atoms with van der Waals surface area (Å²) in [5, 5.41) is 14.4. The molecule has 2 aliphatic heterocycles. The maximum Gasteiger partial charge on any atom is 0.423 e. The molecule has 0 aliphatic carbocycles. The van der Waals surface area contributed by atoms with Gasteiger partial charge in [0.05, 0.1) is 23.5 Å². The molecule has 2 aromatic heterocycles. The van der Waals surface area contributed by atoms with Gasteiger partial charge < -0.3 is 19.4 Å². The van der Waals surface area contributed by atoms with Crippen molar-refractivity contribution in [1.29, 1.82) is 5.26 Å². The zero-order valence-corrected chi connectivity index (χ0v) is 21.4. The van der Waals surface area contributed by atoms with E-state index in [0.29, 0.717) is 62.4 Å². The Morgan fingerprint density at radius 1 is 1.12 bits per heavy atom. The highest BCUT2D eigenvalue weighted by Crippen LogP contribution is 2.36. The van der Waals surface area contributed by atoms with Crippen LogP contribution in [0.3, 0.4) is 0 Å². The Bertz CT molecular complexity index is 1460. The number of piperazine rings is 1. The van der Waals surface area contributed by atoms with Crippen molar-refractivity contribution in [2.24, 2.45) is 0 Å². The number of nitrogens with zero attached hydrogens (tertiary/aromatic N) is 6. The van der Waals surface area contributed by atoms with Gasteiger partial charge in [-0.1, -0.05) is 6.07 Å². The SMILES string of the molecule is N#Cc1ccc(N2CCN(C(=O)c3cccc(OC[C@H]4CCCN4c4cn[nH]c(=O)c4C(F)(F)F)c3)CC2)nc1. The molecular weight excluding hydrogens is 527 g/mol. The van der Waals surface area contributed by atoms with Crippen molar-refractivity contribution in [3.63, 3.8) is 0 Å². The summed E-state index contributed by atoms with van der Waals surface area (Å²) in [5.74, 6) is 1.03. The van der Waals surface area contributed by atoms with E-state index in [1.807, 2.05) is 11.2 Å². The summed E-state index contributed by atoms with van der Waals surface area (Å²) in [6, 6.07) is 11.9. The van der Waals surface area contributed by atoms with Crippen molar-refractivity contribution in [2.45, 2.75) is 25.1 Å². The fourth-order valence-electron chi connectivity index (χ4n) is 5.08. The number of hydrogen-bond acceptors (Lipinski definition) is 8. The minimum absolute atomic E-state index is 0.0814. The number of alkyl halides is 3. The van der Waals surface area contributed by atoms with Crippen molar-refractivity contribution in [3.8, 4) is 11.8 Å². The Morgan fingerprint density at radius 2 is 1.93 bits per heavy atom. The summed E-state index contributed by atoms with van der Waals surface area (Å²) >= 11 is 0. The number of halogens is 3. The summed E-state index contributed by atoms with van der Waals surface area (Å²) in [6.07, 6.45) is -1.05. The van der Waals surface area contributed by atoms with Crippen molar-refractivity contribution in [2.75, 3.05) is 49.1 Å².